The summed E-state index contributed by atoms with van der Waals surface area (Å²) in [5, 5.41) is 13.4. The van der Waals surface area contributed by atoms with Crippen molar-refractivity contribution in [2.75, 3.05) is 19.0 Å². The van der Waals surface area contributed by atoms with E-state index in [1.807, 2.05) is 6.07 Å². The van der Waals surface area contributed by atoms with Crippen LogP contribution >= 0.6 is 0 Å². The molecule has 1 atom stereocenters. The third-order valence-electron chi connectivity index (χ3n) is 4.03. The summed E-state index contributed by atoms with van der Waals surface area (Å²) >= 11 is 0. The Morgan fingerprint density at radius 1 is 1.07 bits per heavy atom. The smallest absolute Gasteiger partial charge is 0.496 e. The number of rotatable bonds is 7. The van der Waals surface area contributed by atoms with E-state index in [9.17, 15) is 18.3 Å². The largest absolute Gasteiger partial charge is 0.573 e. The maximum Gasteiger partial charge on any atom is 0.573 e. The van der Waals surface area contributed by atoms with Crippen LogP contribution < -0.4 is 14.8 Å². The minimum Gasteiger partial charge on any atom is -0.496 e. The predicted molar refractivity (Wildman–Crippen MR) is 101 cm³/mol. The van der Waals surface area contributed by atoms with Crippen molar-refractivity contribution >= 4 is 5.82 Å². The molecule has 2 N–H and O–H groups in total. The van der Waals surface area contributed by atoms with Crippen LogP contribution in [0.1, 0.15) is 11.7 Å². The molecule has 0 radical (unpaired) electrons. The zero-order chi connectivity index (χ0) is 20.9. The van der Waals surface area contributed by atoms with Crippen LogP contribution in [0.3, 0.4) is 0 Å². The molecule has 152 valence electrons. The van der Waals surface area contributed by atoms with Gasteiger partial charge in [-0.05, 0) is 30.3 Å². The Hall–Kier alpha value is -3.33. The number of alkyl halides is 3. The van der Waals surface area contributed by atoms with Crippen LogP contribution in [0.5, 0.6) is 11.5 Å². The molecule has 0 amide bonds. The quantitative estimate of drug-likeness (QED) is 0.614. The number of para-hydroxylation sites is 1. The first kappa shape index (κ1) is 20.4. The summed E-state index contributed by atoms with van der Waals surface area (Å²) in [4.78, 5) is 8.23. The number of methoxy groups -OCH3 is 1. The van der Waals surface area contributed by atoms with E-state index in [1.165, 1.54) is 37.7 Å². The Morgan fingerprint density at radius 2 is 1.79 bits per heavy atom. The molecule has 0 aliphatic rings. The number of aliphatic hydroxyl groups is 1. The van der Waals surface area contributed by atoms with E-state index in [4.69, 9.17) is 4.74 Å². The van der Waals surface area contributed by atoms with Crippen molar-refractivity contribution in [3.05, 3.63) is 66.5 Å². The van der Waals surface area contributed by atoms with E-state index in [1.54, 1.807) is 24.3 Å². The molecular weight excluding hydrogens is 387 g/mol. The summed E-state index contributed by atoms with van der Waals surface area (Å²) < 4.78 is 45.9. The average molecular weight is 405 g/mol. The zero-order valence-electron chi connectivity index (χ0n) is 15.3. The molecule has 1 unspecified atom stereocenters. The van der Waals surface area contributed by atoms with Gasteiger partial charge in [0, 0.05) is 23.7 Å². The number of hydrogen-bond donors (Lipinski definition) is 2. The number of halogens is 3. The highest BCUT2D eigenvalue weighted by Crippen LogP contribution is 2.27. The highest BCUT2D eigenvalue weighted by Gasteiger charge is 2.31. The summed E-state index contributed by atoms with van der Waals surface area (Å²) in [7, 11) is 1.53. The van der Waals surface area contributed by atoms with Gasteiger partial charge in [-0.1, -0.05) is 18.2 Å². The first-order valence-corrected chi connectivity index (χ1v) is 8.59. The number of ether oxygens (including phenoxy) is 2. The molecule has 29 heavy (non-hydrogen) atoms. The molecule has 0 spiro atoms. The molecule has 0 fully saturated rings. The number of benzene rings is 2. The van der Waals surface area contributed by atoms with Crippen LogP contribution in [0, 0.1) is 0 Å². The van der Waals surface area contributed by atoms with Crippen LogP contribution in [0.25, 0.3) is 11.3 Å². The maximum atomic E-state index is 12.3. The lowest BCUT2D eigenvalue weighted by Gasteiger charge is -2.16. The molecule has 6 nitrogen and oxygen atoms in total. The lowest BCUT2D eigenvalue weighted by molar-refractivity contribution is -0.274. The summed E-state index contributed by atoms with van der Waals surface area (Å²) in [5.74, 6) is 0.722. The first-order chi connectivity index (χ1) is 13.9. The maximum absolute atomic E-state index is 12.3. The van der Waals surface area contributed by atoms with Crippen LogP contribution in [0.4, 0.5) is 19.0 Å². The van der Waals surface area contributed by atoms with Crippen LogP contribution in [-0.4, -0.2) is 35.1 Å². The van der Waals surface area contributed by atoms with Gasteiger partial charge in [0.2, 0.25) is 0 Å². The van der Waals surface area contributed by atoms with Gasteiger partial charge in [0.05, 0.1) is 18.9 Å². The molecule has 1 heterocycles. The normalized spacial score (nSPS) is 12.3. The minimum absolute atomic E-state index is 0.176. The third kappa shape index (κ3) is 5.58. The van der Waals surface area contributed by atoms with Gasteiger partial charge in [0.1, 0.15) is 23.6 Å². The van der Waals surface area contributed by atoms with E-state index in [0.717, 1.165) is 0 Å². The lowest BCUT2D eigenvalue weighted by atomic mass is 10.1. The second kappa shape index (κ2) is 8.78. The van der Waals surface area contributed by atoms with Crippen LogP contribution in [-0.2, 0) is 0 Å². The molecule has 3 aromatic rings. The fraction of sp³-hybridized carbons (Fsp3) is 0.200. The monoisotopic (exact) mass is 405 g/mol. The van der Waals surface area contributed by atoms with Gasteiger partial charge >= 0.3 is 6.36 Å². The van der Waals surface area contributed by atoms with Gasteiger partial charge in [-0.25, -0.2) is 9.97 Å². The molecule has 0 aliphatic carbocycles. The molecule has 9 heteroatoms. The highest BCUT2D eigenvalue weighted by molar-refractivity contribution is 5.63. The van der Waals surface area contributed by atoms with Gasteiger partial charge in [-0.15, -0.1) is 13.2 Å². The summed E-state index contributed by atoms with van der Waals surface area (Å²) in [6.45, 7) is 0.176. The number of aliphatic hydroxyl groups excluding tert-OH is 1. The number of aromatic nitrogens is 2. The summed E-state index contributed by atoms with van der Waals surface area (Å²) in [6, 6.07) is 14.1. The predicted octanol–water partition coefficient (Wildman–Crippen LogP) is 4.20. The van der Waals surface area contributed by atoms with Crippen molar-refractivity contribution in [2.45, 2.75) is 12.5 Å². The van der Waals surface area contributed by atoms with Crippen molar-refractivity contribution in [3.8, 4) is 22.8 Å². The third-order valence-corrected chi connectivity index (χ3v) is 4.03. The number of nitrogens with zero attached hydrogens (tertiary/aromatic N) is 2. The first-order valence-electron chi connectivity index (χ1n) is 8.59. The van der Waals surface area contributed by atoms with Crippen molar-refractivity contribution < 1.29 is 27.8 Å². The van der Waals surface area contributed by atoms with E-state index in [-0.39, 0.29) is 12.3 Å². The van der Waals surface area contributed by atoms with Gasteiger partial charge in [-0.2, -0.15) is 0 Å². The van der Waals surface area contributed by atoms with E-state index >= 15 is 0 Å². The van der Waals surface area contributed by atoms with Crippen molar-refractivity contribution in [2.24, 2.45) is 0 Å². The zero-order valence-corrected chi connectivity index (χ0v) is 15.3. The van der Waals surface area contributed by atoms with E-state index in [2.05, 4.69) is 20.0 Å². The SMILES string of the molecule is COc1ccccc1C(O)CNc1cc(-c2ccc(OC(F)(F)F)cc2)ncn1. The number of hydrogen-bond acceptors (Lipinski definition) is 6. The molecule has 3 rings (SSSR count). The Bertz CT molecular complexity index is 949. The molecule has 0 saturated heterocycles. The number of nitrogens with one attached hydrogen (secondary N) is 1. The van der Waals surface area contributed by atoms with Crippen molar-refractivity contribution in [1.29, 1.82) is 0 Å². The van der Waals surface area contributed by atoms with Gasteiger partial charge in [0.25, 0.3) is 0 Å². The standard InChI is InChI=1S/C20H18F3N3O3/c1-28-18-5-3-2-4-15(18)17(27)11-24-19-10-16(25-12-26-19)13-6-8-14(9-7-13)29-20(21,22)23/h2-10,12,17,27H,11H2,1H3,(H,24,25,26). The highest BCUT2D eigenvalue weighted by atomic mass is 19.4. The topological polar surface area (TPSA) is 76.5 Å². The Labute approximate surface area is 165 Å². The average Bonchev–Trinajstić information content (AvgIpc) is 2.71. The number of anilines is 1. The molecule has 0 saturated carbocycles. The minimum atomic E-state index is -4.74. The molecular formula is C20H18F3N3O3. The summed E-state index contributed by atoms with van der Waals surface area (Å²) in [5.41, 5.74) is 1.74. The molecule has 0 bridgehead atoms. The van der Waals surface area contributed by atoms with Crippen molar-refractivity contribution in [1.82, 2.24) is 9.97 Å². The van der Waals surface area contributed by atoms with Crippen molar-refractivity contribution in [3.63, 3.8) is 0 Å². The molecule has 0 aliphatic heterocycles. The Kier molecular flexibility index (Phi) is 6.18. The molecule has 2 aromatic carbocycles. The summed E-state index contributed by atoms with van der Waals surface area (Å²) in [6.07, 6.45) is -4.24. The fourth-order valence-corrected chi connectivity index (χ4v) is 2.69. The second-order valence-electron chi connectivity index (χ2n) is 6.00. The van der Waals surface area contributed by atoms with Crippen LogP contribution in [0.15, 0.2) is 60.9 Å². The van der Waals surface area contributed by atoms with Gasteiger partial charge < -0.3 is 19.9 Å². The van der Waals surface area contributed by atoms with Gasteiger partial charge in [-0.3, -0.25) is 0 Å². The lowest BCUT2D eigenvalue weighted by Crippen LogP contribution is -2.16. The second-order valence-corrected chi connectivity index (χ2v) is 6.00. The van der Waals surface area contributed by atoms with Gasteiger partial charge in [0.15, 0.2) is 0 Å². The van der Waals surface area contributed by atoms with Crippen LogP contribution in [0.2, 0.25) is 0 Å². The van der Waals surface area contributed by atoms with E-state index in [0.29, 0.717) is 28.4 Å². The van der Waals surface area contributed by atoms with E-state index < -0.39 is 12.5 Å². The fourth-order valence-electron chi connectivity index (χ4n) is 2.69. The Balaban J connectivity index is 1.68. The molecule has 1 aromatic heterocycles. The Morgan fingerprint density at radius 3 is 2.48 bits per heavy atom.